The molecule has 0 unspecified atom stereocenters. The van der Waals surface area contributed by atoms with E-state index in [1.807, 2.05) is 13.8 Å². The second-order valence-electron chi connectivity index (χ2n) is 8.94. The number of carboxylic acid groups (broad SMARTS) is 1. The minimum absolute atomic E-state index is 0.0807. The number of aryl methyl sites for hydroxylation is 2. The van der Waals surface area contributed by atoms with Crippen LogP contribution < -0.4 is 15.0 Å². The summed E-state index contributed by atoms with van der Waals surface area (Å²) in [5, 5.41) is 18.9. The van der Waals surface area contributed by atoms with Gasteiger partial charge >= 0.3 is 12.1 Å². The molecule has 2 aromatic heterocycles. The number of carbonyl (C=O) groups is 1. The average Bonchev–Trinajstić information content (AvgIpc) is 2.83. The molecule has 1 aliphatic rings. The predicted octanol–water partition coefficient (Wildman–Crippen LogP) is 4.82. The summed E-state index contributed by atoms with van der Waals surface area (Å²) >= 11 is 0. The van der Waals surface area contributed by atoms with Crippen molar-refractivity contribution in [2.75, 3.05) is 23.3 Å². The average molecular weight is 543 g/mol. The Morgan fingerprint density at radius 1 is 1.08 bits per heavy atom. The van der Waals surface area contributed by atoms with Crippen LogP contribution in [-0.4, -0.2) is 62.7 Å². The third kappa shape index (κ3) is 7.13. The van der Waals surface area contributed by atoms with E-state index in [9.17, 15) is 22.0 Å². The van der Waals surface area contributed by atoms with Crippen molar-refractivity contribution in [1.82, 2.24) is 20.2 Å². The van der Waals surface area contributed by atoms with Crippen LogP contribution in [0.2, 0.25) is 0 Å². The monoisotopic (exact) mass is 542 g/mol. The Labute approximate surface area is 215 Å². The molecule has 3 aromatic rings. The lowest BCUT2D eigenvalue weighted by Gasteiger charge is -2.34. The zero-order valence-electron chi connectivity index (χ0n) is 21.1. The van der Waals surface area contributed by atoms with Crippen molar-refractivity contribution in [2.24, 2.45) is 0 Å². The Hall–Kier alpha value is -3.84. The van der Waals surface area contributed by atoms with Crippen LogP contribution >= 0.6 is 0 Å². The smallest absolute Gasteiger partial charge is 0.487 e. The molecule has 0 spiro atoms. The van der Waals surface area contributed by atoms with E-state index in [4.69, 9.17) is 24.6 Å². The molecule has 4 rings (SSSR count). The maximum Gasteiger partial charge on any atom is 0.490 e. The standard InChI is InChI=1S/C22H26F2N6O.C2HF3O2/c1-12(2)25-21-22(27-20-14(4)29-28-13(3)19(20)26-21)30-9-7-16(8-10-30)31-18-6-5-15(23)11-17(18)24;3-2(4,5)1(6)7/h5-6,11-12,16H,7-10H2,1-4H3,(H,25,26);(H,6,7). The maximum absolute atomic E-state index is 13.9. The number of fused-ring (bicyclic) bond motifs is 1. The highest BCUT2D eigenvalue weighted by molar-refractivity contribution is 5.83. The second-order valence-corrected chi connectivity index (χ2v) is 8.94. The number of ether oxygens (including phenoxy) is 1. The van der Waals surface area contributed by atoms with E-state index in [-0.39, 0.29) is 17.9 Å². The number of rotatable bonds is 5. The quantitative estimate of drug-likeness (QED) is 0.438. The molecule has 9 nitrogen and oxygen atoms in total. The molecule has 0 aliphatic carbocycles. The first-order valence-electron chi connectivity index (χ1n) is 11.7. The van der Waals surface area contributed by atoms with Crippen LogP contribution in [0.5, 0.6) is 5.75 Å². The summed E-state index contributed by atoms with van der Waals surface area (Å²) in [5.41, 5.74) is 2.95. The van der Waals surface area contributed by atoms with Gasteiger partial charge in [0.05, 0.1) is 11.4 Å². The third-order valence-electron chi connectivity index (χ3n) is 5.51. The minimum Gasteiger partial charge on any atom is -0.487 e. The first kappa shape index (κ1) is 28.7. The van der Waals surface area contributed by atoms with Gasteiger partial charge in [-0.05, 0) is 39.8 Å². The normalized spacial score (nSPS) is 14.3. The fraction of sp³-hybridized carbons (Fsp3) is 0.458. The zero-order valence-corrected chi connectivity index (χ0v) is 21.1. The Balaban J connectivity index is 0.000000505. The molecule has 0 amide bonds. The van der Waals surface area contributed by atoms with Crippen LogP contribution in [0.1, 0.15) is 38.1 Å². The second kappa shape index (κ2) is 11.7. The van der Waals surface area contributed by atoms with E-state index in [2.05, 4.69) is 34.3 Å². The molecular weight excluding hydrogens is 515 g/mol. The third-order valence-corrected chi connectivity index (χ3v) is 5.51. The van der Waals surface area contributed by atoms with Gasteiger partial charge in [-0.1, -0.05) is 0 Å². The van der Waals surface area contributed by atoms with E-state index >= 15 is 0 Å². The van der Waals surface area contributed by atoms with Gasteiger partial charge in [-0.3, -0.25) is 0 Å². The minimum atomic E-state index is -5.08. The maximum atomic E-state index is 13.9. The molecule has 206 valence electrons. The van der Waals surface area contributed by atoms with Gasteiger partial charge in [-0.2, -0.15) is 23.4 Å². The summed E-state index contributed by atoms with van der Waals surface area (Å²) in [7, 11) is 0. The highest BCUT2D eigenvalue weighted by Crippen LogP contribution is 2.31. The molecule has 0 saturated carbocycles. The molecule has 14 heteroatoms. The molecular formula is C24H27F5N6O3. The molecule has 1 aliphatic heterocycles. The summed E-state index contributed by atoms with van der Waals surface area (Å²) in [6, 6.07) is 3.56. The molecule has 0 bridgehead atoms. The van der Waals surface area contributed by atoms with Crippen LogP contribution in [0.4, 0.5) is 33.6 Å². The number of piperidine rings is 1. The van der Waals surface area contributed by atoms with Crippen molar-refractivity contribution in [3.63, 3.8) is 0 Å². The Morgan fingerprint density at radius 2 is 1.63 bits per heavy atom. The van der Waals surface area contributed by atoms with E-state index in [1.165, 1.54) is 12.1 Å². The number of nitrogens with zero attached hydrogens (tertiary/aromatic N) is 5. The summed E-state index contributed by atoms with van der Waals surface area (Å²) in [6.07, 6.45) is -3.87. The number of halogens is 5. The van der Waals surface area contributed by atoms with E-state index in [0.717, 1.165) is 34.3 Å². The summed E-state index contributed by atoms with van der Waals surface area (Å²) in [6.45, 7) is 9.21. The first-order valence-corrected chi connectivity index (χ1v) is 11.7. The fourth-order valence-corrected chi connectivity index (χ4v) is 3.70. The van der Waals surface area contributed by atoms with Gasteiger partial charge < -0.3 is 20.1 Å². The number of benzene rings is 1. The zero-order chi connectivity index (χ0) is 28.2. The summed E-state index contributed by atoms with van der Waals surface area (Å²) < 4.78 is 64.6. The van der Waals surface area contributed by atoms with Crippen molar-refractivity contribution < 1.29 is 36.6 Å². The van der Waals surface area contributed by atoms with Crippen molar-refractivity contribution in [3.05, 3.63) is 41.2 Å². The summed E-state index contributed by atoms with van der Waals surface area (Å²) in [5.74, 6) is -2.50. The molecule has 0 radical (unpaired) electrons. The molecule has 3 heterocycles. The predicted molar refractivity (Wildman–Crippen MR) is 129 cm³/mol. The van der Waals surface area contributed by atoms with Crippen LogP contribution in [0.3, 0.4) is 0 Å². The number of aliphatic carboxylic acids is 1. The number of aromatic nitrogens is 4. The number of nitrogens with one attached hydrogen (secondary N) is 1. The van der Waals surface area contributed by atoms with E-state index in [1.54, 1.807) is 0 Å². The lowest BCUT2D eigenvalue weighted by Crippen LogP contribution is -2.39. The van der Waals surface area contributed by atoms with Gasteiger partial charge in [-0.25, -0.2) is 23.5 Å². The first-order chi connectivity index (χ1) is 17.8. The molecule has 1 aromatic carbocycles. The number of carboxylic acids is 1. The van der Waals surface area contributed by atoms with E-state index in [0.29, 0.717) is 31.7 Å². The van der Waals surface area contributed by atoms with Gasteiger partial charge in [0, 0.05) is 38.0 Å². The molecule has 2 N–H and O–H groups in total. The molecule has 1 fully saturated rings. The largest absolute Gasteiger partial charge is 0.490 e. The number of alkyl halides is 3. The lowest BCUT2D eigenvalue weighted by atomic mass is 10.1. The van der Waals surface area contributed by atoms with Crippen LogP contribution in [0, 0.1) is 25.5 Å². The van der Waals surface area contributed by atoms with E-state index < -0.39 is 23.8 Å². The highest BCUT2D eigenvalue weighted by atomic mass is 19.4. The Kier molecular flexibility index (Phi) is 8.84. The number of hydrogen-bond acceptors (Lipinski definition) is 8. The Morgan fingerprint density at radius 3 is 2.13 bits per heavy atom. The van der Waals surface area contributed by atoms with Crippen LogP contribution in [0.15, 0.2) is 18.2 Å². The number of anilines is 2. The van der Waals surface area contributed by atoms with Gasteiger partial charge in [-0.15, -0.1) is 0 Å². The van der Waals surface area contributed by atoms with Crippen molar-refractivity contribution in [1.29, 1.82) is 0 Å². The van der Waals surface area contributed by atoms with Gasteiger partial charge in [0.15, 0.2) is 23.2 Å². The molecule has 0 atom stereocenters. The van der Waals surface area contributed by atoms with Crippen molar-refractivity contribution in [3.8, 4) is 5.75 Å². The SMILES string of the molecule is Cc1nnc(C)c2nc(N3CCC(Oc4ccc(F)cc4F)CC3)c(NC(C)C)nc12.O=C(O)C(F)(F)F. The van der Waals surface area contributed by atoms with Crippen LogP contribution in [-0.2, 0) is 4.79 Å². The van der Waals surface area contributed by atoms with Crippen molar-refractivity contribution in [2.45, 2.75) is 58.9 Å². The van der Waals surface area contributed by atoms with Crippen molar-refractivity contribution >= 4 is 28.6 Å². The molecule has 1 saturated heterocycles. The highest BCUT2D eigenvalue weighted by Gasteiger charge is 2.38. The lowest BCUT2D eigenvalue weighted by molar-refractivity contribution is -0.192. The van der Waals surface area contributed by atoms with Gasteiger partial charge in [0.1, 0.15) is 23.0 Å². The summed E-state index contributed by atoms with van der Waals surface area (Å²) in [4.78, 5) is 20.8. The fourth-order valence-electron chi connectivity index (χ4n) is 3.70. The Bertz CT molecular complexity index is 1300. The van der Waals surface area contributed by atoms with Gasteiger partial charge in [0.2, 0.25) is 0 Å². The topological polar surface area (TPSA) is 113 Å². The van der Waals surface area contributed by atoms with Gasteiger partial charge in [0.25, 0.3) is 0 Å². The number of hydrogen-bond donors (Lipinski definition) is 2. The van der Waals surface area contributed by atoms with Crippen LogP contribution in [0.25, 0.3) is 11.0 Å². The molecule has 38 heavy (non-hydrogen) atoms.